The van der Waals surface area contributed by atoms with Gasteiger partial charge in [0.2, 0.25) is 0 Å². The lowest BCUT2D eigenvalue weighted by Crippen LogP contribution is -2.28. The van der Waals surface area contributed by atoms with Crippen molar-refractivity contribution in [3.05, 3.63) is 11.5 Å². The number of nitrogens with two attached hydrogens (primary N) is 1. The van der Waals surface area contributed by atoms with Crippen LogP contribution >= 0.6 is 0 Å². The normalized spacial score (nSPS) is 20.1. The highest BCUT2D eigenvalue weighted by Crippen LogP contribution is 2.43. The molecule has 92 valence electrons. The van der Waals surface area contributed by atoms with Crippen molar-refractivity contribution in [1.82, 2.24) is 9.66 Å². The molecule has 2 heterocycles. The van der Waals surface area contributed by atoms with Gasteiger partial charge in [0.25, 0.3) is 0 Å². The van der Waals surface area contributed by atoms with Gasteiger partial charge in [-0.25, -0.2) is 9.66 Å². The Morgan fingerprint density at radius 3 is 2.53 bits per heavy atom. The third-order valence-electron chi connectivity index (χ3n) is 3.08. The lowest BCUT2D eigenvalue weighted by atomic mass is 10.2. The maximum atomic E-state index is 12.6. The Labute approximate surface area is 95.3 Å². The topological polar surface area (TPSA) is 56.2 Å². The summed E-state index contributed by atoms with van der Waals surface area (Å²) in [5.41, 5.74) is 5.64. The zero-order valence-electron chi connectivity index (χ0n) is 8.96. The number of anilines is 1. The molecule has 7 heteroatoms. The Hall–Kier alpha value is -1.53. The van der Waals surface area contributed by atoms with Crippen molar-refractivity contribution in [2.24, 2.45) is 5.10 Å². The molecule has 1 aromatic rings. The monoisotopic (exact) mass is 244 g/mol. The Bertz CT molecular complexity index is 496. The Kier molecular flexibility index (Phi) is 2.02. The van der Waals surface area contributed by atoms with Crippen LogP contribution in [0.3, 0.4) is 0 Å². The summed E-state index contributed by atoms with van der Waals surface area (Å²) >= 11 is 0. The second-order valence-corrected chi connectivity index (χ2v) is 4.43. The number of imidazole rings is 1. The average Bonchev–Trinajstić information content (AvgIpc) is 2.99. The van der Waals surface area contributed by atoms with Gasteiger partial charge in [0.1, 0.15) is 17.4 Å². The minimum Gasteiger partial charge on any atom is -0.382 e. The number of nitrogen functional groups attached to an aromatic ring is 1. The van der Waals surface area contributed by atoms with Crippen LogP contribution in [-0.2, 0) is 6.42 Å². The van der Waals surface area contributed by atoms with Gasteiger partial charge in [-0.15, -0.1) is 0 Å². The number of rotatable bonds is 1. The van der Waals surface area contributed by atoms with Gasteiger partial charge >= 0.3 is 6.18 Å². The van der Waals surface area contributed by atoms with E-state index >= 15 is 0 Å². The molecule has 0 saturated heterocycles. The van der Waals surface area contributed by atoms with E-state index in [4.69, 9.17) is 5.73 Å². The summed E-state index contributed by atoms with van der Waals surface area (Å²) in [6.07, 6.45) is -2.34. The van der Waals surface area contributed by atoms with E-state index in [0.717, 1.165) is 12.8 Å². The van der Waals surface area contributed by atoms with Crippen molar-refractivity contribution in [2.45, 2.75) is 37.8 Å². The van der Waals surface area contributed by atoms with E-state index in [1.807, 2.05) is 0 Å². The van der Waals surface area contributed by atoms with Gasteiger partial charge in [0.15, 0.2) is 0 Å². The van der Waals surface area contributed by atoms with Crippen LogP contribution in [0.25, 0.3) is 0 Å². The molecule has 2 aliphatic rings. The molecule has 1 aromatic heterocycles. The zero-order valence-corrected chi connectivity index (χ0v) is 8.96. The molecule has 3 rings (SSSR count). The molecule has 4 nitrogen and oxygen atoms in total. The van der Waals surface area contributed by atoms with Crippen LogP contribution in [0.2, 0.25) is 0 Å². The van der Waals surface area contributed by atoms with E-state index in [1.54, 1.807) is 0 Å². The average molecular weight is 244 g/mol. The van der Waals surface area contributed by atoms with Gasteiger partial charge in [-0.3, -0.25) is 0 Å². The molecular weight excluding hydrogens is 233 g/mol. The van der Waals surface area contributed by atoms with Crippen LogP contribution in [-0.4, -0.2) is 21.5 Å². The molecule has 1 aliphatic heterocycles. The molecular formula is C10H11F3N4. The standard InChI is InChI=1S/C10H11F3N4/c11-10(12,13)6-3-4-7-15-9(14)8(5-1-2-5)17(7)16-6/h5H,1-4,14H2. The fourth-order valence-electron chi connectivity index (χ4n) is 2.10. The summed E-state index contributed by atoms with van der Waals surface area (Å²) in [5, 5.41) is 3.66. The maximum absolute atomic E-state index is 12.6. The molecule has 1 saturated carbocycles. The molecule has 2 N–H and O–H groups in total. The highest BCUT2D eigenvalue weighted by Gasteiger charge is 2.39. The highest BCUT2D eigenvalue weighted by atomic mass is 19.4. The van der Waals surface area contributed by atoms with Crippen LogP contribution in [0.1, 0.15) is 36.7 Å². The first-order valence-corrected chi connectivity index (χ1v) is 5.49. The molecule has 0 unspecified atom stereocenters. The van der Waals surface area contributed by atoms with Crippen LogP contribution in [0.4, 0.5) is 19.0 Å². The van der Waals surface area contributed by atoms with E-state index in [0.29, 0.717) is 17.3 Å². The summed E-state index contributed by atoms with van der Waals surface area (Å²) < 4.78 is 39.1. The SMILES string of the molecule is Nc1nc2n(c1C1CC1)N=C(C(F)(F)F)CC2. The summed E-state index contributed by atoms with van der Waals surface area (Å²) in [6.45, 7) is 0. The Balaban J connectivity index is 2.08. The second-order valence-electron chi connectivity index (χ2n) is 4.43. The number of aryl methyl sites for hydroxylation is 1. The van der Waals surface area contributed by atoms with Crippen molar-refractivity contribution in [3.8, 4) is 0 Å². The first-order valence-electron chi connectivity index (χ1n) is 5.49. The van der Waals surface area contributed by atoms with E-state index in [1.165, 1.54) is 4.68 Å². The first kappa shape index (κ1) is 10.6. The lowest BCUT2D eigenvalue weighted by molar-refractivity contribution is -0.0613. The largest absolute Gasteiger partial charge is 0.431 e. The number of nitrogens with zero attached hydrogens (tertiary/aromatic N) is 3. The summed E-state index contributed by atoms with van der Waals surface area (Å²) in [4.78, 5) is 4.10. The van der Waals surface area contributed by atoms with Gasteiger partial charge in [0.05, 0.1) is 5.69 Å². The number of fused-ring (bicyclic) bond motifs is 1. The van der Waals surface area contributed by atoms with Crippen molar-refractivity contribution >= 4 is 11.5 Å². The van der Waals surface area contributed by atoms with Gasteiger partial charge in [0, 0.05) is 18.8 Å². The van der Waals surface area contributed by atoms with Crippen LogP contribution < -0.4 is 5.73 Å². The van der Waals surface area contributed by atoms with Crippen molar-refractivity contribution in [3.63, 3.8) is 0 Å². The van der Waals surface area contributed by atoms with Gasteiger partial charge in [-0.2, -0.15) is 18.3 Å². The zero-order chi connectivity index (χ0) is 12.2. The maximum Gasteiger partial charge on any atom is 0.431 e. The van der Waals surface area contributed by atoms with Gasteiger partial charge in [-0.05, 0) is 12.8 Å². The summed E-state index contributed by atoms with van der Waals surface area (Å²) in [6, 6.07) is 0. The van der Waals surface area contributed by atoms with Crippen molar-refractivity contribution < 1.29 is 13.2 Å². The number of hydrogen-bond donors (Lipinski definition) is 1. The third kappa shape index (κ3) is 1.69. The van der Waals surface area contributed by atoms with Crippen LogP contribution in [0, 0.1) is 0 Å². The number of aromatic nitrogens is 2. The molecule has 0 spiro atoms. The quantitative estimate of drug-likeness (QED) is 0.822. The van der Waals surface area contributed by atoms with Crippen molar-refractivity contribution in [2.75, 3.05) is 5.73 Å². The van der Waals surface area contributed by atoms with Crippen LogP contribution in [0.5, 0.6) is 0 Å². The molecule has 0 atom stereocenters. The highest BCUT2D eigenvalue weighted by molar-refractivity contribution is 5.90. The fourth-order valence-corrected chi connectivity index (χ4v) is 2.10. The number of halogens is 3. The van der Waals surface area contributed by atoms with E-state index in [9.17, 15) is 13.2 Å². The molecule has 0 bridgehead atoms. The van der Waals surface area contributed by atoms with Gasteiger partial charge < -0.3 is 5.73 Å². The minimum absolute atomic E-state index is 0.121. The van der Waals surface area contributed by atoms with E-state index in [2.05, 4.69) is 10.1 Å². The molecule has 17 heavy (non-hydrogen) atoms. The number of hydrogen-bond acceptors (Lipinski definition) is 3. The van der Waals surface area contributed by atoms with Crippen LogP contribution in [0.15, 0.2) is 5.10 Å². The first-order chi connectivity index (χ1) is 7.97. The predicted molar refractivity (Wildman–Crippen MR) is 55.8 cm³/mol. The molecule has 1 fully saturated rings. The fraction of sp³-hybridized carbons (Fsp3) is 0.600. The van der Waals surface area contributed by atoms with Crippen molar-refractivity contribution in [1.29, 1.82) is 0 Å². The molecule has 0 amide bonds. The van der Waals surface area contributed by atoms with Gasteiger partial charge in [-0.1, -0.05) is 0 Å². The summed E-state index contributed by atoms with van der Waals surface area (Å²) in [7, 11) is 0. The third-order valence-corrected chi connectivity index (χ3v) is 3.08. The van der Waals surface area contributed by atoms with E-state index < -0.39 is 11.9 Å². The Morgan fingerprint density at radius 2 is 1.94 bits per heavy atom. The summed E-state index contributed by atoms with van der Waals surface area (Å²) in [5.74, 6) is 1.10. The number of alkyl halides is 3. The second kappa shape index (κ2) is 3.24. The smallest absolute Gasteiger partial charge is 0.382 e. The van der Waals surface area contributed by atoms with E-state index in [-0.39, 0.29) is 18.8 Å². The molecule has 1 aliphatic carbocycles. The minimum atomic E-state index is -4.36. The predicted octanol–water partition coefficient (Wildman–Crippen LogP) is 2.06. The molecule has 0 radical (unpaired) electrons. The Morgan fingerprint density at radius 1 is 1.24 bits per heavy atom. The molecule has 0 aromatic carbocycles. The lowest BCUT2D eigenvalue weighted by Gasteiger charge is -2.16.